The topological polar surface area (TPSA) is 84.9 Å². The van der Waals surface area contributed by atoms with Crippen molar-refractivity contribution in [3.8, 4) is 5.75 Å². The third-order valence-electron chi connectivity index (χ3n) is 4.26. The monoisotopic (exact) mass is 314 g/mol. The molecule has 0 aliphatic carbocycles. The van der Waals surface area contributed by atoms with Gasteiger partial charge in [-0.1, -0.05) is 30.4 Å². The second kappa shape index (κ2) is 5.20. The summed E-state index contributed by atoms with van der Waals surface area (Å²) in [7, 11) is 0. The van der Waals surface area contributed by atoms with Crippen molar-refractivity contribution in [3.63, 3.8) is 0 Å². The number of hydrogen-bond donors (Lipinski definition) is 1. The van der Waals surface area contributed by atoms with Gasteiger partial charge < -0.3 is 9.47 Å². The maximum absolute atomic E-state index is 12.3. The van der Waals surface area contributed by atoms with Gasteiger partial charge in [-0.25, -0.2) is 0 Å². The molecule has 23 heavy (non-hydrogen) atoms. The first-order valence-electron chi connectivity index (χ1n) is 7.34. The van der Waals surface area contributed by atoms with E-state index in [2.05, 4.69) is 5.43 Å². The summed E-state index contributed by atoms with van der Waals surface area (Å²) < 4.78 is 10.8. The zero-order valence-corrected chi connectivity index (χ0v) is 12.0. The highest BCUT2D eigenvalue weighted by Crippen LogP contribution is 2.44. The summed E-state index contributed by atoms with van der Waals surface area (Å²) in [6.07, 6.45) is 2.84. The molecule has 4 rings (SSSR count). The van der Waals surface area contributed by atoms with E-state index in [1.54, 1.807) is 36.4 Å². The molecule has 7 heteroatoms. The molecule has 1 aromatic rings. The molecule has 0 aromatic heterocycles. The van der Waals surface area contributed by atoms with Gasteiger partial charge in [-0.15, -0.1) is 0 Å². The Morgan fingerprint density at radius 2 is 1.70 bits per heavy atom. The van der Waals surface area contributed by atoms with Crippen molar-refractivity contribution in [2.24, 2.45) is 11.8 Å². The molecule has 2 bridgehead atoms. The standard InChI is InChI=1S/C16H14N2O5/c19-12(8-22-9-4-2-1-3-5-9)17-18-15(20)13-10-6-7-11(23-10)14(13)16(18)21/h1-7,10-11,13-14H,8H2,(H,17,19)/t10-,11-,13-,14-/m0/s1. The largest absolute Gasteiger partial charge is 0.484 e. The molecule has 1 N–H and O–H groups in total. The van der Waals surface area contributed by atoms with Crippen molar-refractivity contribution in [3.05, 3.63) is 42.5 Å². The van der Waals surface area contributed by atoms with Crippen molar-refractivity contribution in [1.29, 1.82) is 0 Å². The average Bonchev–Trinajstić information content (AvgIpc) is 3.24. The van der Waals surface area contributed by atoms with Gasteiger partial charge in [0.25, 0.3) is 17.7 Å². The summed E-state index contributed by atoms with van der Waals surface area (Å²) in [4.78, 5) is 36.6. The molecular formula is C16H14N2O5. The highest BCUT2D eigenvalue weighted by atomic mass is 16.5. The smallest absolute Gasteiger partial charge is 0.276 e. The molecule has 118 valence electrons. The van der Waals surface area contributed by atoms with Crippen LogP contribution in [0, 0.1) is 11.8 Å². The van der Waals surface area contributed by atoms with Crippen LogP contribution in [0.4, 0.5) is 0 Å². The molecule has 3 heterocycles. The van der Waals surface area contributed by atoms with Crippen LogP contribution in [-0.2, 0) is 19.1 Å². The molecule has 2 fully saturated rings. The van der Waals surface area contributed by atoms with Crippen molar-refractivity contribution < 1.29 is 23.9 Å². The number of para-hydroxylation sites is 1. The Kier molecular flexibility index (Phi) is 3.16. The molecule has 0 radical (unpaired) electrons. The number of nitrogens with one attached hydrogen (secondary N) is 1. The lowest BCUT2D eigenvalue weighted by Crippen LogP contribution is -2.49. The number of fused-ring (bicyclic) bond motifs is 5. The molecule has 3 amide bonds. The van der Waals surface area contributed by atoms with E-state index in [9.17, 15) is 14.4 Å². The summed E-state index contributed by atoms with van der Waals surface area (Å²) in [6, 6.07) is 8.82. The minimum atomic E-state index is -0.559. The van der Waals surface area contributed by atoms with E-state index in [0.717, 1.165) is 5.01 Å². The minimum Gasteiger partial charge on any atom is -0.484 e. The highest BCUT2D eigenvalue weighted by Gasteiger charge is 2.61. The number of hydrogen-bond acceptors (Lipinski definition) is 5. The Hall–Kier alpha value is -2.67. The Bertz CT molecular complexity index is 672. The number of rotatable bonds is 4. The Balaban J connectivity index is 1.39. The summed E-state index contributed by atoms with van der Waals surface area (Å²) in [5.41, 5.74) is 2.33. The second-order valence-electron chi connectivity index (χ2n) is 5.65. The van der Waals surface area contributed by atoms with E-state index in [0.29, 0.717) is 5.75 Å². The summed E-state index contributed by atoms with van der Waals surface area (Å²) in [5, 5.41) is 0.807. The summed E-state index contributed by atoms with van der Waals surface area (Å²) in [6.45, 7) is -0.280. The van der Waals surface area contributed by atoms with Gasteiger partial charge in [-0.05, 0) is 12.1 Å². The fourth-order valence-corrected chi connectivity index (χ4v) is 3.24. The Labute approximate surface area is 131 Å². The first-order valence-corrected chi connectivity index (χ1v) is 7.34. The van der Waals surface area contributed by atoms with E-state index in [1.165, 1.54) is 0 Å². The van der Waals surface area contributed by atoms with Crippen LogP contribution in [0.15, 0.2) is 42.5 Å². The lowest BCUT2D eigenvalue weighted by molar-refractivity contribution is -0.151. The zero-order valence-electron chi connectivity index (χ0n) is 12.0. The molecule has 0 saturated carbocycles. The number of ether oxygens (including phenoxy) is 2. The van der Waals surface area contributed by atoms with E-state index < -0.39 is 29.6 Å². The number of benzene rings is 1. The fourth-order valence-electron chi connectivity index (χ4n) is 3.24. The number of hydrazine groups is 1. The molecule has 0 unspecified atom stereocenters. The van der Waals surface area contributed by atoms with Crippen LogP contribution in [0.2, 0.25) is 0 Å². The molecule has 1 aromatic carbocycles. The van der Waals surface area contributed by atoms with Gasteiger partial charge >= 0.3 is 0 Å². The van der Waals surface area contributed by atoms with Crippen LogP contribution in [0.5, 0.6) is 5.75 Å². The zero-order chi connectivity index (χ0) is 16.0. The van der Waals surface area contributed by atoms with Crippen molar-refractivity contribution in [2.45, 2.75) is 12.2 Å². The average molecular weight is 314 g/mol. The lowest BCUT2D eigenvalue weighted by Gasteiger charge is -2.18. The quantitative estimate of drug-likeness (QED) is 0.626. The van der Waals surface area contributed by atoms with Crippen molar-refractivity contribution in [1.82, 2.24) is 10.4 Å². The highest BCUT2D eigenvalue weighted by molar-refractivity contribution is 6.07. The van der Waals surface area contributed by atoms with Gasteiger partial charge in [0.2, 0.25) is 0 Å². The maximum atomic E-state index is 12.3. The van der Waals surface area contributed by atoms with E-state index in [-0.39, 0.29) is 18.8 Å². The predicted octanol–water partition coefficient (Wildman–Crippen LogP) is 0.0350. The van der Waals surface area contributed by atoms with Crippen molar-refractivity contribution >= 4 is 17.7 Å². The lowest BCUT2D eigenvalue weighted by atomic mass is 9.85. The maximum Gasteiger partial charge on any atom is 0.276 e. The first-order chi connectivity index (χ1) is 11.1. The van der Waals surface area contributed by atoms with Gasteiger partial charge in [0.15, 0.2) is 6.61 Å². The number of carbonyl (C=O) groups is 3. The van der Waals surface area contributed by atoms with E-state index in [1.807, 2.05) is 6.07 Å². The number of nitrogens with zero attached hydrogens (tertiary/aromatic N) is 1. The van der Waals surface area contributed by atoms with Gasteiger partial charge in [0, 0.05) is 0 Å². The Morgan fingerprint density at radius 1 is 1.09 bits per heavy atom. The third kappa shape index (κ3) is 2.20. The van der Waals surface area contributed by atoms with E-state index >= 15 is 0 Å². The van der Waals surface area contributed by atoms with Crippen LogP contribution >= 0.6 is 0 Å². The molecule has 0 spiro atoms. The van der Waals surface area contributed by atoms with Crippen LogP contribution in [-0.4, -0.2) is 41.5 Å². The molecule has 3 aliphatic heterocycles. The third-order valence-corrected chi connectivity index (χ3v) is 4.26. The SMILES string of the molecule is O=C(COc1ccccc1)NN1C(=O)[C@@H]2[C@@H](C1=O)[C@@H]1C=C[C@@H]2O1. The van der Waals surface area contributed by atoms with E-state index in [4.69, 9.17) is 9.47 Å². The number of amides is 3. The van der Waals surface area contributed by atoms with Gasteiger partial charge in [0.05, 0.1) is 24.0 Å². The van der Waals surface area contributed by atoms with Crippen LogP contribution in [0.3, 0.4) is 0 Å². The van der Waals surface area contributed by atoms with Crippen molar-refractivity contribution in [2.75, 3.05) is 6.61 Å². The molecule has 4 atom stereocenters. The molecule has 3 aliphatic rings. The minimum absolute atomic E-state index is 0.280. The van der Waals surface area contributed by atoms with Crippen LogP contribution in [0.1, 0.15) is 0 Å². The van der Waals surface area contributed by atoms with Gasteiger partial charge in [-0.3, -0.25) is 19.8 Å². The normalized spacial score (nSPS) is 30.7. The summed E-state index contributed by atoms with van der Waals surface area (Å²) >= 11 is 0. The summed E-state index contributed by atoms with van der Waals surface area (Å²) in [5.74, 6) is -1.94. The first kappa shape index (κ1) is 14.0. The molecule has 2 saturated heterocycles. The number of imide groups is 1. The molecule has 7 nitrogen and oxygen atoms in total. The second-order valence-corrected chi connectivity index (χ2v) is 5.65. The van der Waals surface area contributed by atoms with Gasteiger partial charge in [0.1, 0.15) is 5.75 Å². The number of carbonyl (C=O) groups excluding carboxylic acids is 3. The van der Waals surface area contributed by atoms with Crippen LogP contribution < -0.4 is 10.2 Å². The fraction of sp³-hybridized carbons (Fsp3) is 0.312. The Morgan fingerprint density at radius 3 is 2.30 bits per heavy atom. The predicted molar refractivity (Wildman–Crippen MR) is 76.7 cm³/mol. The van der Waals surface area contributed by atoms with Crippen LogP contribution in [0.25, 0.3) is 0 Å². The molecular weight excluding hydrogens is 300 g/mol. The van der Waals surface area contributed by atoms with Gasteiger partial charge in [-0.2, -0.15) is 5.01 Å².